The highest BCUT2D eigenvalue weighted by atomic mass is 32.2. The van der Waals surface area contributed by atoms with Crippen LogP contribution in [0.4, 0.5) is 4.79 Å². The van der Waals surface area contributed by atoms with Crippen molar-refractivity contribution >= 4 is 35.1 Å². The number of ether oxygens (including phenoxy) is 1. The highest BCUT2D eigenvalue weighted by Crippen LogP contribution is 2.23. The third-order valence-electron chi connectivity index (χ3n) is 3.63. The van der Waals surface area contributed by atoms with E-state index in [-0.39, 0.29) is 5.91 Å². The Morgan fingerprint density at radius 3 is 2.61 bits per heavy atom. The molecule has 152 valence electrons. The van der Waals surface area contributed by atoms with Gasteiger partial charge in [0.1, 0.15) is 16.7 Å². The molecular formula is C20H27N3O3S2. The molecule has 2 aromatic rings. The summed E-state index contributed by atoms with van der Waals surface area (Å²) in [5.74, 6) is 0.511. The molecule has 28 heavy (non-hydrogen) atoms. The zero-order chi connectivity index (χ0) is 20.6. The predicted octanol–water partition coefficient (Wildman–Crippen LogP) is 4.07. The molecular weight excluding hydrogens is 394 g/mol. The molecule has 6 nitrogen and oxygen atoms in total. The number of thiazole rings is 1. The Morgan fingerprint density at radius 2 is 1.96 bits per heavy atom. The summed E-state index contributed by atoms with van der Waals surface area (Å²) in [4.78, 5) is 29.2. The van der Waals surface area contributed by atoms with Crippen molar-refractivity contribution in [3.8, 4) is 10.6 Å². The van der Waals surface area contributed by atoms with Gasteiger partial charge in [0.15, 0.2) is 0 Å². The van der Waals surface area contributed by atoms with E-state index in [0.717, 1.165) is 22.0 Å². The summed E-state index contributed by atoms with van der Waals surface area (Å²) in [6, 6.07) is 9.27. The van der Waals surface area contributed by atoms with E-state index < -0.39 is 17.7 Å². The van der Waals surface area contributed by atoms with Gasteiger partial charge in [0.2, 0.25) is 5.91 Å². The lowest BCUT2D eigenvalue weighted by molar-refractivity contribution is -0.123. The maximum atomic E-state index is 12.6. The Hall–Kier alpha value is -2.06. The molecule has 2 rings (SSSR count). The molecule has 1 heterocycles. The minimum Gasteiger partial charge on any atom is -0.444 e. The molecule has 0 saturated carbocycles. The lowest BCUT2D eigenvalue weighted by Gasteiger charge is -2.23. The molecule has 8 heteroatoms. The first-order valence-corrected chi connectivity index (χ1v) is 11.3. The van der Waals surface area contributed by atoms with E-state index in [2.05, 4.69) is 15.6 Å². The van der Waals surface area contributed by atoms with Crippen molar-refractivity contribution in [2.24, 2.45) is 0 Å². The summed E-state index contributed by atoms with van der Waals surface area (Å²) < 4.78 is 5.27. The van der Waals surface area contributed by atoms with Crippen molar-refractivity contribution in [1.82, 2.24) is 15.6 Å². The monoisotopic (exact) mass is 421 g/mol. The Bertz CT molecular complexity index is 773. The second kappa shape index (κ2) is 10.5. The molecule has 1 aromatic carbocycles. The first-order valence-electron chi connectivity index (χ1n) is 9.04. The molecule has 0 aliphatic carbocycles. The van der Waals surface area contributed by atoms with E-state index in [9.17, 15) is 9.59 Å². The molecule has 2 N–H and O–H groups in total. The third kappa shape index (κ3) is 7.52. The van der Waals surface area contributed by atoms with Crippen LogP contribution < -0.4 is 10.6 Å². The van der Waals surface area contributed by atoms with Gasteiger partial charge in [-0.05, 0) is 39.2 Å². The van der Waals surface area contributed by atoms with Gasteiger partial charge in [-0.3, -0.25) is 4.79 Å². The van der Waals surface area contributed by atoms with Crippen LogP contribution in [-0.2, 0) is 16.1 Å². The number of carbonyl (C=O) groups excluding carboxylic acids is 2. The van der Waals surface area contributed by atoms with Crippen LogP contribution in [0.15, 0.2) is 35.7 Å². The average Bonchev–Trinajstić information content (AvgIpc) is 3.11. The molecule has 0 saturated heterocycles. The zero-order valence-corrected chi connectivity index (χ0v) is 18.3. The van der Waals surface area contributed by atoms with Crippen molar-refractivity contribution < 1.29 is 14.3 Å². The van der Waals surface area contributed by atoms with Gasteiger partial charge in [-0.2, -0.15) is 11.8 Å². The lowest BCUT2D eigenvalue weighted by Crippen LogP contribution is -2.48. The smallest absolute Gasteiger partial charge is 0.408 e. The minimum absolute atomic E-state index is 0.242. The molecule has 1 aromatic heterocycles. The molecule has 1 atom stereocenters. The van der Waals surface area contributed by atoms with E-state index in [1.807, 2.05) is 42.0 Å². The van der Waals surface area contributed by atoms with Crippen molar-refractivity contribution in [2.75, 3.05) is 12.0 Å². The number of amides is 2. The standard InChI is InChI=1S/C20H27N3O3S2/c1-20(2,3)26-19(25)23-16(10-11-27-4)17(24)21-12-15-13-28-18(22-15)14-8-6-5-7-9-14/h5-9,13,16H,10-12H2,1-4H3,(H,21,24)(H,23,25)/t16-/m0/s1. The third-order valence-corrected chi connectivity index (χ3v) is 5.22. The Balaban J connectivity index is 1.93. The van der Waals surface area contributed by atoms with Crippen LogP contribution in [0.3, 0.4) is 0 Å². The van der Waals surface area contributed by atoms with Crippen molar-refractivity contribution in [2.45, 2.75) is 45.4 Å². The van der Waals surface area contributed by atoms with Crippen LogP contribution in [0.2, 0.25) is 0 Å². The zero-order valence-electron chi connectivity index (χ0n) is 16.7. The number of carbonyl (C=O) groups is 2. The van der Waals surface area contributed by atoms with Crippen molar-refractivity contribution in [3.05, 3.63) is 41.4 Å². The SMILES string of the molecule is CSCC[C@H](NC(=O)OC(C)(C)C)C(=O)NCc1csc(-c2ccccc2)n1. The van der Waals surface area contributed by atoms with Gasteiger partial charge < -0.3 is 15.4 Å². The number of nitrogens with zero attached hydrogens (tertiary/aromatic N) is 1. The summed E-state index contributed by atoms with van der Waals surface area (Å²) in [5.41, 5.74) is 1.23. The van der Waals surface area contributed by atoms with Gasteiger partial charge in [0, 0.05) is 10.9 Å². The minimum atomic E-state index is -0.644. The molecule has 0 radical (unpaired) electrons. The van der Waals surface area contributed by atoms with Crippen LogP contribution in [0.1, 0.15) is 32.9 Å². The number of alkyl carbamates (subject to hydrolysis) is 1. The number of nitrogens with one attached hydrogen (secondary N) is 2. The summed E-state index contributed by atoms with van der Waals surface area (Å²) in [6.07, 6.45) is 1.90. The van der Waals surface area contributed by atoms with E-state index in [1.165, 1.54) is 11.3 Å². The number of hydrogen-bond donors (Lipinski definition) is 2. The Morgan fingerprint density at radius 1 is 1.25 bits per heavy atom. The lowest BCUT2D eigenvalue weighted by atomic mass is 10.2. The summed E-state index contributed by atoms with van der Waals surface area (Å²) >= 11 is 3.16. The van der Waals surface area contributed by atoms with Crippen molar-refractivity contribution in [3.63, 3.8) is 0 Å². The Kier molecular flexibility index (Phi) is 8.32. The molecule has 2 amide bonds. The van der Waals surface area contributed by atoms with Gasteiger partial charge in [-0.15, -0.1) is 11.3 Å². The van der Waals surface area contributed by atoms with E-state index in [4.69, 9.17) is 4.74 Å². The average molecular weight is 422 g/mol. The fraction of sp³-hybridized carbons (Fsp3) is 0.450. The maximum absolute atomic E-state index is 12.6. The topological polar surface area (TPSA) is 80.3 Å². The van der Waals surface area contributed by atoms with Crippen LogP contribution in [0.25, 0.3) is 10.6 Å². The first-order chi connectivity index (χ1) is 13.3. The molecule has 0 spiro atoms. The number of rotatable bonds is 8. The number of hydrogen-bond acceptors (Lipinski definition) is 6. The van der Waals surface area contributed by atoms with Crippen molar-refractivity contribution in [1.29, 1.82) is 0 Å². The first kappa shape index (κ1) is 22.2. The van der Waals surface area contributed by atoms with Crippen LogP contribution >= 0.6 is 23.1 Å². The number of aromatic nitrogens is 1. The largest absolute Gasteiger partial charge is 0.444 e. The highest BCUT2D eigenvalue weighted by Gasteiger charge is 2.24. The second-order valence-electron chi connectivity index (χ2n) is 7.21. The van der Waals surface area contributed by atoms with Gasteiger partial charge in [-0.1, -0.05) is 30.3 Å². The molecule has 0 aliphatic rings. The normalized spacial score (nSPS) is 12.3. The van der Waals surface area contributed by atoms with E-state index >= 15 is 0 Å². The quantitative estimate of drug-likeness (QED) is 0.671. The fourth-order valence-corrected chi connectivity index (χ4v) is 3.65. The number of thioether (sulfide) groups is 1. The van der Waals surface area contributed by atoms with Crippen LogP contribution in [0.5, 0.6) is 0 Å². The van der Waals surface area contributed by atoms with Gasteiger partial charge >= 0.3 is 6.09 Å². The van der Waals surface area contributed by atoms with E-state index in [1.54, 1.807) is 32.5 Å². The Labute approximate surface area is 174 Å². The molecule has 0 fully saturated rings. The number of benzene rings is 1. The molecule has 0 aliphatic heterocycles. The van der Waals surface area contributed by atoms with E-state index in [0.29, 0.717) is 13.0 Å². The van der Waals surface area contributed by atoms with Gasteiger partial charge in [0.25, 0.3) is 0 Å². The van der Waals surface area contributed by atoms with Gasteiger partial charge in [-0.25, -0.2) is 9.78 Å². The summed E-state index contributed by atoms with van der Waals surface area (Å²) in [6.45, 7) is 5.68. The van der Waals surface area contributed by atoms with Crippen LogP contribution in [0, 0.1) is 0 Å². The molecule has 0 bridgehead atoms. The molecule has 0 unspecified atom stereocenters. The predicted molar refractivity (Wildman–Crippen MR) is 116 cm³/mol. The summed E-state index contributed by atoms with van der Waals surface area (Å²) in [5, 5.41) is 8.38. The highest BCUT2D eigenvalue weighted by molar-refractivity contribution is 7.98. The fourth-order valence-electron chi connectivity index (χ4n) is 2.36. The second-order valence-corrected chi connectivity index (χ2v) is 9.05. The van der Waals surface area contributed by atoms with Crippen LogP contribution in [-0.4, -0.2) is 40.6 Å². The van der Waals surface area contributed by atoms with Gasteiger partial charge in [0.05, 0.1) is 12.2 Å². The summed E-state index contributed by atoms with van der Waals surface area (Å²) in [7, 11) is 0. The maximum Gasteiger partial charge on any atom is 0.408 e.